The van der Waals surface area contributed by atoms with Crippen LogP contribution in [0, 0.1) is 0 Å². The van der Waals surface area contributed by atoms with E-state index in [9.17, 15) is 4.79 Å². The quantitative estimate of drug-likeness (QED) is 0.512. The number of carbonyl (C=O) groups excluding carboxylic acids is 1. The summed E-state index contributed by atoms with van der Waals surface area (Å²) in [7, 11) is 1.58. The van der Waals surface area contributed by atoms with Crippen LogP contribution in [0.15, 0.2) is 78.9 Å². The lowest BCUT2D eigenvalue weighted by molar-refractivity contribution is 0.103. The van der Waals surface area contributed by atoms with Crippen molar-refractivity contribution >= 4 is 16.7 Å². The molecule has 126 valence electrons. The monoisotopic (exact) mass is 340 g/mol. The molecule has 0 N–H and O–H groups in total. The van der Waals surface area contributed by atoms with Crippen LogP contribution in [0.1, 0.15) is 16.1 Å². The van der Waals surface area contributed by atoms with E-state index in [1.165, 1.54) is 0 Å². The summed E-state index contributed by atoms with van der Waals surface area (Å²) < 4.78 is 5.24. The number of methoxy groups -OCH3 is 1. The topological polar surface area (TPSA) is 52.1 Å². The molecule has 0 fully saturated rings. The summed E-state index contributed by atoms with van der Waals surface area (Å²) in [5.74, 6) is 1.02. The van der Waals surface area contributed by atoms with Gasteiger partial charge in [-0.25, -0.2) is 9.97 Å². The molecule has 0 atom stereocenters. The molecule has 3 aromatic carbocycles. The maximum Gasteiger partial charge on any atom is 0.212 e. The fourth-order valence-corrected chi connectivity index (χ4v) is 2.87. The van der Waals surface area contributed by atoms with Gasteiger partial charge < -0.3 is 4.74 Å². The van der Waals surface area contributed by atoms with Gasteiger partial charge in [-0.1, -0.05) is 60.7 Å². The Morgan fingerprint density at radius 2 is 1.62 bits per heavy atom. The maximum atomic E-state index is 13.2. The fourth-order valence-electron chi connectivity index (χ4n) is 2.87. The number of rotatable bonds is 4. The van der Waals surface area contributed by atoms with Crippen LogP contribution in [-0.4, -0.2) is 22.9 Å². The highest BCUT2D eigenvalue weighted by Crippen LogP contribution is 2.24. The number of fused-ring (bicyclic) bond motifs is 1. The normalized spacial score (nSPS) is 10.7. The van der Waals surface area contributed by atoms with Crippen molar-refractivity contribution in [2.75, 3.05) is 7.11 Å². The highest BCUT2D eigenvalue weighted by Gasteiger charge is 2.17. The van der Waals surface area contributed by atoms with Crippen LogP contribution in [0.5, 0.6) is 5.75 Å². The largest absolute Gasteiger partial charge is 0.497 e. The second kappa shape index (κ2) is 6.76. The number of ether oxygens (including phenoxy) is 1. The molecule has 4 heteroatoms. The van der Waals surface area contributed by atoms with Gasteiger partial charge in [-0.3, -0.25) is 4.79 Å². The average molecular weight is 340 g/mol. The van der Waals surface area contributed by atoms with Crippen molar-refractivity contribution < 1.29 is 9.53 Å². The van der Waals surface area contributed by atoms with E-state index >= 15 is 0 Å². The number of para-hydroxylation sites is 1. The molecule has 4 aromatic rings. The molecule has 1 aromatic heterocycles. The van der Waals surface area contributed by atoms with Crippen LogP contribution < -0.4 is 4.74 Å². The lowest BCUT2D eigenvalue weighted by Crippen LogP contribution is -2.07. The standard InChI is InChI=1S/C22H16N2O2/c1-26-17-11-7-10-16(14-17)21(25)20-18-12-5-6-13-19(18)23-22(24-20)15-8-3-2-4-9-15/h2-14H,1H3. The van der Waals surface area contributed by atoms with Crippen molar-refractivity contribution in [1.29, 1.82) is 0 Å². The molecule has 0 spiro atoms. The first-order valence-corrected chi connectivity index (χ1v) is 8.27. The van der Waals surface area contributed by atoms with E-state index in [1.807, 2.05) is 60.7 Å². The summed E-state index contributed by atoms with van der Waals surface area (Å²) in [6.45, 7) is 0. The Balaban J connectivity index is 1.91. The van der Waals surface area contributed by atoms with Crippen LogP contribution in [0.2, 0.25) is 0 Å². The Morgan fingerprint density at radius 3 is 2.42 bits per heavy atom. The van der Waals surface area contributed by atoms with Gasteiger partial charge in [0.1, 0.15) is 11.4 Å². The van der Waals surface area contributed by atoms with Gasteiger partial charge in [-0.2, -0.15) is 0 Å². The second-order valence-corrected chi connectivity index (χ2v) is 5.84. The SMILES string of the molecule is COc1cccc(C(=O)c2nc(-c3ccccc3)nc3ccccc23)c1. The van der Waals surface area contributed by atoms with Crippen molar-refractivity contribution in [3.05, 3.63) is 90.1 Å². The summed E-state index contributed by atoms with van der Waals surface area (Å²) in [6, 6.07) is 24.3. The average Bonchev–Trinajstić information content (AvgIpc) is 2.73. The van der Waals surface area contributed by atoms with E-state index < -0.39 is 0 Å². The summed E-state index contributed by atoms with van der Waals surface area (Å²) in [6.07, 6.45) is 0. The molecule has 0 aliphatic rings. The number of benzene rings is 3. The van der Waals surface area contributed by atoms with Crippen molar-refractivity contribution in [2.45, 2.75) is 0 Å². The van der Waals surface area contributed by atoms with Crippen LogP contribution in [0.4, 0.5) is 0 Å². The molecule has 0 amide bonds. The Hall–Kier alpha value is -3.53. The lowest BCUT2D eigenvalue weighted by atomic mass is 10.0. The highest BCUT2D eigenvalue weighted by atomic mass is 16.5. The minimum atomic E-state index is -0.153. The molecule has 0 aliphatic heterocycles. The number of ketones is 1. The van der Waals surface area contributed by atoms with Crippen LogP contribution >= 0.6 is 0 Å². The van der Waals surface area contributed by atoms with Crippen LogP contribution in [-0.2, 0) is 0 Å². The van der Waals surface area contributed by atoms with Gasteiger partial charge >= 0.3 is 0 Å². The van der Waals surface area contributed by atoms with Crippen LogP contribution in [0.25, 0.3) is 22.3 Å². The minimum Gasteiger partial charge on any atom is -0.497 e. The van der Waals surface area contributed by atoms with Gasteiger partial charge in [0.05, 0.1) is 12.6 Å². The van der Waals surface area contributed by atoms with E-state index in [-0.39, 0.29) is 5.78 Å². The van der Waals surface area contributed by atoms with E-state index in [0.717, 1.165) is 16.5 Å². The number of nitrogens with zero attached hydrogens (tertiary/aromatic N) is 2. The van der Waals surface area contributed by atoms with E-state index in [4.69, 9.17) is 4.74 Å². The van der Waals surface area contributed by atoms with Crippen molar-refractivity contribution in [1.82, 2.24) is 9.97 Å². The van der Waals surface area contributed by atoms with Gasteiger partial charge in [0.2, 0.25) is 5.78 Å². The first-order chi connectivity index (χ1) is 12.8. The van der Waals surface area contributed by atoms with Gasteiger partial charge in [-0.15, -0.1) is 0 Å². The van der Waals surface area contributed by atoms with E-state index in [0.29, 0.717) is 22.8 Å². The molecule has 26 heavy (non-hydrogen) atoms. The van der Waals surface area contributed by atoms with E-state index in [1.54, 1.807) is 25.3 Å². The summed E-state index contributed by atoms with van der Waals surface area (Å²) in [4.78, 5) is 22.4. The molecule has 1 heterocycles. The third-order valence-corrected chi connectivity index (χ3v) is 4.18. The Kier molecular flexibility index (Phi) is 4.15. The molecule has 0 radical (unpaired) electrons. The maximum absolute atomic E-state index is 13.2. The first kappa shape index (κ1) is 16.0. The number of hydrogen-bond donors (Lipinski definition) is 0. The molecule has 0 aliphatic carbocycles. The Morgan fingerprint density at radius 1 is 0.846 bits per heavy atom. The summed E-state index contributed by atoms with van der Waals surface area (Å²) in [5, 5.41) is 0.736. The zero-order valence-electron chi connectivity index (χ0n) is 14.2. The first-order valence-electron chi connectivity index (χ1n) is 8.27. The van der Waals surface area contributed by atoms with Crippen molar-refractivity contribution in [2.24, 2.45) is 0 Å². The molecular weight excluding hydrogens is 324 g/mol. The lowest BCUT2D eigenvalue weighted by Gasteiger charge is -2.09. The van der Waals surface area contributed by atoms with Crippen molar-refractivity contribution in [3.63, 3.8) is 0 Å². The Labute approximate surface area is 151 Å². The Bertz CT molecular complexity index is 1090. The molecule has 0 saturated heterocycles. The van der Waals surface area contributed by atoms with Gasteiger partial charge in [-0.05, 0) is 18.2 Å². The molecular formula is C22H16N2O2. The predicted octanol–water partition coefficient (Wildman–Crippen LogP) is 4.54. The van der Waals surface area contributed by atoms with Crippen molar-refractivity contribution in [3.8, 4) is 17.1 Å². The second-order valence-electron chi connectivity index (χ2n) is 5.84. The third-order valence-electron chi connectivity index (χ3n) is 4.18. The summed E-state index contributed by atoms with van der Waals surface area (Å²) >= 11 is 0. The summed E-state index contributed by atoms with van der Waals surface area (Å²) in [5.41, 5.74) is 2.54. The number of hydrogen-bond acceptors (Lipinski definition) is 4. The number of carbonyl (C=O) groups is 1. The van der Waals surface area contributed by atoms with Crippen LogP contribution in [0.3, 0.4) is 0 Å². The highest BCUT2D eigenvalue weighted by molar-refractivity contribution is 6.15. The zero-order chi connectivity index (χ0) is 17.9. The van der Waals surface area contributed by atoms with Gasteiger partial charge in [0.25, 0.3) is 0 Å². The smallest absolute Gasteiger partial charge is 0.212 e. The number of aromatic nitrogens is 2. The molecule has 0 unspecified atom stereocenters. The van der Waals surface area contributed by atoms with Gasteiger partial charge in [0, 0.05) is 16.5 Å². The molecule has 0 saturated carbocycles. The fraction of sp³-hybridized carbons (Fsp3) is 0.0455. The third kappa shape index (κ3) is 2.93. The molecule has 0 bridgehead atoms. The van der Waals surface area contributed by atoms with E-state index in [2.05, 4.69) is 9.97 Å². The zero-order valence-corrected chi connectivity index (χ0v) is 14.2. The minimum absolute atomic E-state index is 0.153. The molecule has 4 rings (SSSR count). The predicted molar refractivity (Wildman–Crippen MR) is 101 cm³/mol. The molecule has 4 nitrogen and oxygen atoms in total. The van der Waals surface area contributed by atoms with Gasteiger partial charge in [0.15, 0.2) is 5.82 Å².